The topological polar surface area (TPSA) is 56.5 Å². The van der Waals surface area contributed by atoms with E-state index in [-0.39, 0.29) is 11.6 Å². The van der Waals surface area contributed by atoms with Crippen molar-refractivity contribution >= 4 is 0 Å². The van der Waals surface area contributed by atoms with Crippen molar-refractivity contribution in [1.82, 2.24) is 5.43 Å². The Balaban J connectivity index is 1.85. The van der Waals surface area contributed by atoms with Gasteiger partial charge in [-0.3, -0.25) is 11.3 Å². The zero-order valence-corrected chi connectivity index (χ0v) is 10.9. The van der Waals surface area contributed by atoms with Crippen molar-refractivity contribution in [3.63, 3.8) is 0 Å². The fourth-order valence-corrected chi connectivity index (χ4v) is 3.39. The lowest BCUT2D eigenvalue weighted by molar-refractivity contribution is -0.0413. The molecule has 1 saturated carbocycles. The van der Waals surface area contributed by atoms with Crippen molar-refractivity contribution in [3.8, 4) is 0 Å². The molecule has 4 nitrogen and oxygen atoms in total. The van der Waals surface area contributed by atoms with Crippen LogP contribution in [0.1, 0.15) is 51.4 Å². The summed E-state index contributed by atoms with van der Waals surface area (Å²) < 4.78 is 11.5. The standard InChI is InChI=1S/C13H26N2O2/c1-16-13(8-2-3-9-13)12(15-14)7-6-11-5-4-10-17-11/h11-12,15H,2-10,14H2,1H3. The van der Waals surface area contributed by atoms with E-state index in [0.717, 1.165) is 32.3 Å². The van der Waals surface area contributed by atoms with Crippen molar-refractivity contribution in [1.29, 1.82) is 0 Å². The molecule has 0 radical (unpaired) electrons. The fourth-order valence-electron chi connectivity index (χ4n) is 3.39. The molecule has 2 rings (SSSR count). The molecule has 1 heterocycles. The molecule has 1 aliphatic carbocycles. The van der Waals surface area contributed by atoms with Crippen LogP contribution in [0.5, 0.6) is 0 Å². The van der Waals surface area contributed by atoms with Crippen LogP contribution in [0.15, 0.2) is 0 Å². The molecule has 2 atom stereocenters. The predicted octanol–water partition coefficient (Wildman–Crippen LogP) is 1.74. The average molecular weight is 242 g/mol. The molecule has 17 heavy (non-hydrogen) atoms. The molecule has 2 unspecified atom stereocenters. The lowest BCUT2D eigenvalue weighted by atomic mass is 9.88. The van der Waals surface area contributed by atoms with Crippen molar-refractivity contribution in [2.24, 2.45) is 5.84 Å². The highest BCUT2D eigenvalue weighted by atomic mass is 16.5. The van der Waals surface area contributed by atoms with Gasteiger partial charge in [-0.15, -0.1) is 0 Å². The minimum absolute atomic E-state index is 0.0344. The highest BCUT2D eigenvalue weighted by Gasteiger charge is 2.41. The molecule has 1 aliphatic heterocycles. The van der Waals surface area contributed by atoms with Crippen LogP contribution in [0.3, 0.4) is 0 Å². The first-order valence-corrected chi connectivity index (χ1v) is 6.93. The molecule has 3 N–H and O–H groups in total. The molecular weight excluding hydrogens is 216 g/mol. The average Bonchev–Trinajstić information content (AvgIpc) is 3.00. The molecular formula is C13H26N2O2. The summed E-state index contributed by atoms with van der Waals surface area (Å²) in [6.07, 6.45) is 9.78. The second kappa shape index (κ2) is 6.14. The number of methoxy groups -OCH3 is 1. The lowest BCUT2D eigenvalue weighted by Gasteiger charge is -2.36. The van der Waals surface area contributed by atoms with Gasteiger partial charge in [0.25, 0.3) is 0 Å². The smallest absolute Gasteiger partial charge is 0.0844 e. The van der Waals surface area contributed by atoms with E-state index in [1.165, 1.54) is 25.7 Å². The van der Waals surface area contributed by atoms with Crippen molar-refractivity contribution in [3.05, 3.63) is 0 Å². The molecule has 2 fully saturated rings. The maximum atomic E-state index is 5.78. The van der Waals surface area contributed by atoms with Gasteiger partial charge in [-0.2, -0.15) is 0 Å². The summed E-state index contributed by atoms with van der Waals surface area (Å²) in [6, 6.07) is 0.263. The number of hydrazine groups is 1. The van der Waals surface area contributed by atoms with Gasteiger partial charge < -0.3 is 9.47 Å². The van der Waals surface area contributed by atoms with Crippen LogP contribution in [0.2, 0.25) is 0 Å². The molecule has 0 aromatic heterocycles. The van der Waals surface area contributed by atoms with E-state index < -0.39 is 0 Å². The summed E-state index contributed by atoms with van der Waals surface area (Å²) in [7, 11) is 1.82. The number of hydrogen-bond acceptors (Lipinski definition) is 4. The Morgan fingerprint density at radius 3 is 2.71 bits per heavy atom. The first-order valence-electron chi connectivity index (χ1n) is 6.93. The maximum Gasteiger partial charge on any atom is 0.0844 e. The van der Waals surface area contributed by atoms with Gasteiger partial charge in [-0.1, -0.05) is 12.8 Å². The van der Waals surface area contributed by atoms with Gasteiger partial charge in [0.1, 0.15) is 0 Å². The van der Waals surface area contributed by atoms with Gasteiger partial charge in [0, 0.05) is 13.7 Å². The third-order valence-electron chi connectivity index (χ3n) is 4.49. The fraction of sp³-hybridized carbons (Fsp3) is 1.00. The molecule has 100 valence electrons. The van der Waals surface area contributed by atoms with Crippen LogP contribution in [0.4, 0.5) is 0 Å². The molecule has 0 bridgehead atoms. The van der Waals surface area contributed by atoms with E-state index in [4.69, 9.17) is 15.3 Å². The van der Waals surface area contributed by atoms with Crippen molar-refractivity contribution in [2.45, 2.75) is 69.1 Å². The Kier molecular flexibility index (Phi) is 4.79. The van der Waals surface area contributed by atoms with E-state index in [1.807, 2.05) is 7.11 Å². The zero-order chi connectivity index (χ0) is 12.1. The van der Waals surface area contributed by atoms with Gasteiger partial charge in [0.2, 0.25) is 0 Å². The SMILES string of the molecule is COC1(C(CCC2CCCO2)NN)CCCC1. The van der Waals surface area contributed by atoms with E-state index in [0.29, 0.717) is 6.10 Å². The summed E-state index contributed by atoms with van der Waals surface area (Å²) in [5.74, 6) is 5.73. The number of nitrogens with two attached hydrogens (primary N) is 1. The molecule has 0 amide bonds. The summed E-state index contributed by atoms with van der Waals surface area (Å²) in [6.45, 7) is 0.931. The quantitative estimate of drug-likeness (QED) is 0.550. The molecule has 4 heteroatoms. The van der Waals surface area contributed by atoms with Gasteiger partial charge in [0.15, 0.2) is 0 Å². The third-order valence-corrected chi connectivity index (χ3v) is 4.49. The third kappa shape index (κ3) is 2.99. The summed E-state index contributed by atoms with van der Waals surface area (Å²) in [5, 5.41) is 0. The van der Waals surface area contributed by atoms with Crippen LogP contribution in [-0.2, 0) is 9.47 Å². The van der Waals surface area contributed by atoms with Crippen LogP contribution >= 0.6 is 0 Å². The monoisotopic (exact) mass is 242 g/mol. The Labute approximate surface area is 104 Å². The predicted molar refractivity (Wildman–Crippen MR) is 67.5 cm³/mol. The molecule has 2 aliphatic rings. The zero-order valence-electron chi connectivity index (χ0n) is 10.9. The van der Waals surface area contributed by atoms with Crippen LogP contribution < -0.4 is 11.3 Å². The van der Waals surface area contributed by atoms with Gasteiger partial charge >= 0.3 is 0 Å². The number of ether oxygens (including phenoxy) is 2. The highest BCUT2D eigenvalue weighted by Crippen LogP contribution is 2.37. The number of hydrogen-bond donors (Lipinski definition) is 2. The second-order valence-corrected chi connectivity index (χ2v) is 5.41. The minimum Gasteiger partial charge on any atom is -0.378 e. The highest BCUT2D eigenvalue weighted by molar-refractivity contribution is 4.96. The summed E-state index contributed by atoms with van der Waals surface area (Å²) in [4.78, 5) is 0. The first-order chi connectivity index (χ1) is 8.30. The van der Waals surface area contributed by atoms with Crippen LogP contribution in [0.25, 0.3) is 0 Å². The lowest BCUT2D eigenvalue weighted by Crippen LogP contribution is -2.53. The Morgan fingerprint density at radius 1 is 1.41 bits per heavy atom. The largest absolute Gasteiger partial charge is 0.378 e. The van der Waals surface area contributed by atoms with Crippen molar-refractivity contribution in [2.75, 3.05) is 13.7 Å². The number of rotatable bonds is 6. The number of nitrogens with one attached hydrogen (secondary N) is 1. The van der Waals surface area contributed by atoms with E-state index >= 15 is 0 Å². The molecule has 0 aromatic rings. The minimum atomic E-state index is -0.0344. The molecule has 1 saturated heterocycles. The second-order valence-electron chi connectivity index (χ2n) is 5.41. The van der Waals surface area contributed by atoms with E-state index in [2.05, 4.69) is 5.43 Å². The molecule has 0 spiro atoms. The first kappa shape index (κ1) is 13.3. The van der Waals surface area contributed by atoms with Crippen LogP contribution in [0, 0.1) is 0 Å². The maximum absolute atomic E-state index is 5.78. The van der Waals surface area contributed by atoms with Gasteiger partial charge in [-0.05, 0) is 38.5 Å². The van der Waals surface area contributed by atoms with Gasteiger partial charge in [0.05, 0.1) is 17.7 Å². The van der Waals surface area contributed by atoms with Crippen LogP contribution in [-0.4, -0.2) is 31.5 Å². The normalized spacial score (nSPS) is 29.6. The van der Waals surface area contributed by atoms with Crippen molar-refractivity contribution < 1.29 is 9.47 Å². The Morgan fingerprint density at radius 2 is 2.18 bits per heavy atom. The Bertz CT molecular complexity index is 223. The molecule has 0 aromatic carbocycles. The van der Waals surface area contributed by atoms with E-state index in [9.17, 15) is 0 Å². The van der Waals surface area contributed by atoms with Gasteiger partial charge in [-0.25, -0.2) is 0 Å². The van der Waals surface area contributed by atoms with E-state index in [1.54, 1.807) is 0 Å². The Hall–Kier alpha value is -0.160. The summed E-state index contributed by atoms with van der Waals surface area (Å²) in [5.41, 5.74) is 2.94. The summed E-state index contributed by atoms with van der Waals surface area (Å²) >= 11 is 0.